The number of hydrogen-bond donors (Lipinski definition) is 3. The van der Waals surface area contributed by atoms with Gasteiger partial charge in [0, 0.05) is 17.2 Å². The lowest BCUT2D eigenvalue weighted by Gasteiger charge is -2.26. The molecular formula is C23H17ClO7. The minimum atomic E-state index is -1.86. The molecule has 1 aromatic heterocycles. The van der Waals surface area contributed by atoms with Crippen LogP contribution in [0.2, 0.25) is 0 Å². The molecule has 2 atom stereocenters. The van der Waals surface area contributed by atoms with Crippen molar-refractivity contribution in [3.05, 3.63) is 86.8 Å². The number of aliphatic hydroxyl groups is 2. The third-order valence-electron chi connectivity index (χ3n) is 5.48. The molecule has 0 fully saturated rings. The van der Waals surface area contributed by atoms with Crippen molar-refractivity contribution in [1.29, 1.82) is 0 Å². The van der Waals surface area contributed by atoms with E-state index in [1.807, 2.05) is 0 Å². The smallest absolute Gasteiger partial charge is 0.202 e. The van der Waals surface area contributed by atoms with E-state index in [9.17, 15) is 29.7 Å². The number of phenols is 1. The fraction of sp³-hybridized carbons (Fsp3) is 0.174. The Hall–Kier alpha value is -3.26. The van der Waals surface area contributed by atoms with E-state index in [-0.39, 0.29) is 50.3 Å². The molecule has 0 saturated carbocycles. The summed E-state index contributed by atoms with van der Waals surface area (Å²) >= 11 is 6.11. The van der Waals surface area contributed by atoms with E-state index in [1.165, 1.54) is 37.3 Å². The Morgan fingerprint density at radius 1 is 1.16 bits per heavy atom. The van der Waals surface area contributed by atoms with E-state index < -0.39 is 34.6 Å². The van der Waals surface area contributed by atoms with Gasteiger partial charge in [-0.1, -0.05) is 18.2 Å². The highest BCUT2D eigenvalue weighted by Gasteiger charge is 2.38. The molecule has 1 heterocycles. The normalized spacial score (nSPS) is 15.9. The van der Waals surface area contributed by atoms with Gasteiger partial charge in [0.2, 0.25) is 5.78 Å². The first-order valence-corrected chi connectivity index (χ1v) is 9.72. The van der Waals surface area contributed by atoms with Crippen molar-refractivity contribution in [2.45, 2.75) is 24.5 Å². The molecule has 3 aromatic rings. The monoisotopic (exact) mass is 440 g/mol. The number of fused-ring (bicyclic) bond motifs is 4. The number of rotatable bonds is 4. The van der Waals surface area contributed by atoms with Gasteiger partial charge in [0.05, 0.1) is 28.5 Å². The summed E-state index contributed by atoms with van der Waals surface area (Å²) in [6.07, 6.45) is 1.26. The van der Waals surface area contributed by atoms with Crippen molar-refractivity contribution in [2.75, 3.05) is 0 Å². The third kappa shape index (κ3) is 2.93. The predicted octanol–water partition coefficient (Wildman–Crippen LogP) is 2.77. The van der Waals surface area contributed by atoms with Crippen molar-refractivity contribution in [3.63, 3.8) is 0 Å². The zero-order valence-corrected chi connectivity index (χ0v) is 17.1. The maximum absolute atomic E-state index is 13.3. The van der Waals surface area contributed by atoms with E-state index in [1.54, 1.807) is 0 Å². The van der Waals surface area contributed by atoms with Gasteiger partial charge in [-0.05, 0) is 24.6 Å². The van der Waals surface area contributed by atoms with Crippen LogP contribution in [0.5, 0.6) is 5.75 Å². The Labute approximate surface area is 180 Å². The molecule has 2 aromatic carbocycles. The molecule has 7 nitrogen and oxygen atoms in total. The van der Waals surface area contributed by atoms with E-state index in [0.717, 1.165) is 6.07 Å². The van der Waals surface area contributed by atoms with Gasteiger partial charge in [0.15, 0.2) is 16.8 Å². The van der Waals surface area contributed by atoms with Crippen LogP contribution in [-0.2, 0) is 12.2 Å². The topological polar surface area (TPSA) is 125 Å². The summed E-state index contributed by atoms with van der Waals surface area (Å²) in [5.41, 5.74) is -3.21. The number of halogens is 1. The summed E-state index contributed by atoms with van der Waals surface area (Å²) in [5.74, 6) is -1.93. The molecule has 1 aliphatic carbocycles. The van der Waals surface area contributed by atoms with Gasteiger partial charge < -0.3 is 19.7 Å². The lowest BCUT2D eigenvalue weighted by atomic mass is 9.81. The van der Waals surface area contributed by atoms with Crippen molar-refractivity contribution >= 4 is 34.1 Å². The van der Waals surface area contributed by atoms with Gasteiger partial charge >= 0.3 is 0 Å². The van der Waals surface area contributed by atoms with Gasteiger partial charge in [0.1, 0.15) is 17.1 Å². The number of ketones is 2. The van der Waals surface area contributed by atoms with Crippen molar-refractivity contribution in [3.8, 4) is 5.75 Å². The maximum atomic E-state index is 13.3. The number of benzene rings is 2. The van der Waals surface area contributed by atoms with Crippen LogP contribution < -0.4 is 5.43 Å². The van der Waals surface area contributed by atoms with E-state index >= 15 is 0 Å². The number of carbonyl (C=O) groups excluding carboxylic acids is 2. The molecule has 0 radical (unpaired) electrons. The SMILES string of the molecule is C=CC(Cl)[C@](C)(O)c1cc(=O)c2c(CO)cc3c(c2o1)C(=O)c1c(O)cccc1C3=O. The van der Waals surface area contributed by atoms with Gasteiger partial charge in [-0.15, -0.1) is 18.2 Å². The van der Waals surface area contributed by atoms with Gasteiger partial charge in [-0.25, -0.2) is 0 Å². The van der Waals surface area contributed by atoms with Crippen molar-refractivity contribution in [2.24, 2.45) is 0 Å². The van der Waals surface area contributed by atoms with Crippen molar-refractivity contribution in [1.82, 2.24) is 0 Å². The molecule has 0 spiro atoms. The standard InChI is InChI=1S/C23H17ClO7/c1-3-15(24)23(2,30)16-8-14(27)17-10(9-25)7-12-19(22(17)31-16)21(29)18-11(20(12)28)5-4-6-13(18)26/h3-8,15,25-26,30H,1,9H2,2H3/t15?,23-/m0/s1. The zero-order valence-electron chi connectivity index (χ0n) is 16.3. The molecule has 1 unspecified atom stereocenters. The van der Waals surface area contributed by atoms with Crippen LogP contribution in [0.15, 0.2) is 52.2 Å². The van der Waals surface area contributed by atoms with Crippen LogP contribution in [0.3, 0.4) is 0 Å². The number of hydrogen-bond acceptors (Lipinski definition) is 7. The van der Waals surface area contributed by atoms with Crippen LogP contribution in [0, 0.1) is 0 Å². The first-order chi connectivity index (χ1) is 14.6. The average molecular weight is 441 g/mol. The van der Waals surface area contributed by atoms with Crippen molar-refractivity contribution < 1.29 is 29.3 Å². The second-order valence-corrected chi connectivity index (χ2v) is 7.91. The molecule has 0 saturated heterocycles. The van der Waals surface area contributed by atoms with Gasteiger partial charge in [-0.3, -0.25) is 14.4 Å². The third-order valence-corrected chi connectivity index (χ3v) is 6.09. The second kappa shape index (κ2) is 7.16. The van der Waals surface area contributed by atoms with Gasteiger partial charge in [-0.2, -0.15) is 0 Å². The maximum Gasteiger partial charge on any atom is 0.202 e. The lowest BCUT2D eigenvalue weighted by molar-refractivity contribution is 0.0409. The molecule has 3 N–H and O–H groups in total. The summed E-state index contributed by atoms with van der Waals surface area (Å²) < 4.78 is 5.80. The molecule has 0 amide bonds. The van der Waals surface area contributed by atoms with E-state index in [0.29, 0.717) is 0 Å². The Morgan fingerprint density at radius 3 is 2.52 bits per heavy atom. The number of carbonyl (C=O) groups is 2. The Kier molecular flexibility index (Phi) is 4.85. The molecule has 0 bridgehead atoms. The van der Waals surface area contributed by atoms with Crippen LogP contribution in [0.4, 0.5) is 0 Å². The highest BCUT2D eigenvalue weighted by Crippen LogP contribution is 2.38. The Bertz CT molecular complexity index is 1350. The Morgan fingerprint density at radius 2 is 1.87 bits per heavy atom. The minimum absolute atomic E-state index is 0.00119. The second-order valence-electron chi connectivity index (χ2n) is 7.44. The average Bonchev–Trinajstić information content (AvgIpc) is 2.75. The van der Waals surface area contributed by atoms with Crippen LogP contribution in [0.25, 0.3) is 11.0 Å². The largest absolute Gasteiger partial charge is 0.507 e. The summed E-state index contributed by atoms with van der Waals surface area (Å²) in [4.78, 5) is 39.3. The molecule has 0 aliphatic heterocycles. The molecule has 8 heteroatoms. The summed E-state index contributed by atoms with van der Waals surface area (Å²) in [7, 11) is 0. The molecule has 31 heavy (non-hydrogen) atoms. The van der Waals surface area contributed by atoms with Crippen LogP contribution in [0.1, 0.15) is 50.1 Å². The zero-order chi connectivity index (χ0) is 22.7. The quantitative estimate of drug-likeness (QED) is 0.329. The summed E-state index contributed by atoms with van der Waals surface area (Å²) in [6.45, 7) is 4.24. The fourth-order valence-electron chi connectivity index (χ4n) is 3.80. The number of phenolic OH excluding ortho intramolecular Hbond substituents is 1. The highest BCUT2D eigenvalue weighted by molar-refractivity contribution is 6.32. The number of aliphatic hydroxyl groups excluding tert-OH is 1. The summed E-state index contributed by atoms with van der Waals surface area (Å²) in [5, 5.41) is 29.7. The summed E-state index contributed by atoms with van der Waals surface area (Å²) in [6, 6.07) is 6.40. The van der Waals surface area contributed by atoms with Gasteiger partial charge in [0.25, 0.3) is 0 Å². The molecular weight excluding hydrogens is 424 g/mol. The first kappa shape index (κ1) is 21.0. The molecule has 4 rings (SSSR count). The van der Waals surface area contributed by atoms with Crippen LogP contribution >= 0.6 is 11.6 Å². The minimum Gasteiger partial charge on any atom is -0.507 e. The Balaban J connectivity index is 2.15. The predicted molar refractivity (Wildman–Crippen MR) is 113 cm³/mol. The lowest BCUT2D eigenvalue weighted by Crippen LogP contribution is -2.32. The molecule has 158 valence electrons. The van der Waals surface area contributed by atoms with Crippen LogP contribution in [-0.4, -0.2) is 32.3 Å². The number of aromatic hydroxyl groups is 1. The van der Waals surface area contributed by atoms with E-state index in [2.05, 4.69) is 6.58 Å². The fourth-order valence-corrected chi connectivity index (χ4v) is 3.90. The molecule has 1 aliphatic rings. The number of alkyl halides is 1. The van der Waals surface area contributed by atoms with E-state index in [4.69, 9.17) is 16.0 Å². The first-order valence-electron chi connectivity index (χ1n) is 9.28. The highest BCUT2D eigenvalue weighted by atomic mass is 35.5.